The van der Waals surface area contributed by atoms with Crippen molar-refractivity contribution in [2.75, 3.05) is 26.7 Å². The monoisotopic (exact) mass is 305 g/mol. The van der Waals surface area contributed by atoms with Gasteiger partial charge in [-0.25, -0.2) is 0 Å². The number of hydrogen-bond donors (Lipinski definition) is 0. The number of nitrogens with zero attached hydrogens (tertiary/aromatic N) is 3. The summed E-state index contributed by atoms with van der Waals surface area (Å²) in [6, 6.07) is 6.47. The topological polar surface area (TPSA) is 29.8 Å². The van der Waals surface area contributed by atoms with Crippen LogP contribution in [-0.4, -0.2) is 42.0 Å². The molecular weight excluding hydrogens is 286 g/mol. The van der Waals surface area contributed by atoms with E-state index in [9.17, 15) is 0 Å². The Hall–Kier alpha value is -1.68. The van der Waals surface area contributed by atoms with E-state index in [1.807, 2.05) is 6.92 Å². The van der Waals surface area contributed by atoms with Gasteiger partial charge in [-0.2, -0.15) is 0 Å². The van der Waals surface area contributed by atoms with E-state index in [1.54, 1.807) is 0 Å². The highest BCUT2D eigenvalue weighted by molar-refractivity contribution is 6.06. The van der Waals surface area contributed by atoms with E-state index in [4.69, 9.17) is 9.73 Å². The highest BCUT2D eigenvalue weighted by Crippen LogP contribution is 2.34. The number of rotatable bonds is 2. The molecule has 21 heavy (non-hydrogen) atoms. The normalized spacial score (nSPS) is 16.3. The van der Waals surface area contributed by atoms with Gasteiger partial charge in [0.25, 0.3) is 0 Å². The Morgan fingerprint density at radius 1 is 1.29 bits per heavy atom. The average molecular weight is 306 g/mol. The summed E-state index contributed by atoms with van der Waals surface area (Å²) >= 11 is 0. The highest BCUT2D eigenvalue weighted by atomic mass is 35.5. The Labute approximate surface area is 130 Å². The van der Waals surface area contributed by atoms with Gasteiger partial charge >= 0.3 is 0 Å². The molecule has 4 nitrogen and oxygen atoms in total. The molecule has 0 N–H and O–H groups in total. The molecule has 4 rings (SSSR count). The van der Waals surface area contributed by atoms with Gasteiger partial charge in [-0.3, -0.25) is 4.99 Å². The molecule has 2 aliphatic rings. The van der Waals surface area contributed by atoms with E-state index in [0.29, 0.717) is 6.61 Å². The number of benzene rings is 1. The summed E-state index contributed by atoms with van der Waals surface area (Å²) in [4.78, 5) is 7.00. The van der Waals surface area contributed by atoms with Gasteiger partial charge in [0.2, 0.25) is 0 Å². The van der Waals surface area contributed by atoms with Crippen molar-refractivity contribution in [3.05, 3.63) is 29.5 Å². The molecule has 0 spiro atoms. The molecule has 0 saturated heterocycles. The molecule has 112 valence electrons. The molecule has 0 fully saturated rings. The lowest BCUT2D eigenvalue weighted by molar-refractivity contribution is 0.340. The second-order valence-corrected chi connectivity index (χ2v) is 5.47. The van der Waals surface area contributed by atoms with Crippen LogP contribution in [0.3, 0.4) is 0 Å². The van der Waals surface area contributed by atoms with Gasteiger partial charge in [0.1, 0.15) is 11.6 Å². The van der Waals surface area contributed by atoms with Crippen molar-refractivity contribution in [2.45, 2.75) is 19.9 Å². The van der Waals surface area contributed by atoms with E-state index in [0.717, 1.165) is 37.6 Å². The smallest absolute Gasteiger partial charge is 0.148 e. The number of likely N-dealkylation sites (N-methyl/N-ethyl adjacent to an activating group) is 1. The molecule has 5 heteroatoms. The standard InChI is InChI=1S/C16H19N3O.ClH/c1-3-20-11-4-5-14-13(10-11)12-6-7-17-16-15(12)19(14)9-8-18(16)2;/h4-5,10H,3,6-9H2,1-2H3;1H. The zero-order chi connectivity index (χ0) is 13.7. The lowest BCUT2D eigenvalue weighted by Gasteiger charge is -2.31. The third-order valence-electron chi connectivity index (χ3n) is 4.31. The fraction of sp³-hybridized carbons (Fsp3) is 0.438. The summed E-state index contributed by atoms with van der Waals surface area (Å²) in [5.41, 5.74) is 4.09. The van der Waals surface area contributed by atoms with Gasteiger partial charge < -0.3 is 14.2 Å². The number of fused-ring (bicyclic) bond motifs is 3. The van der Waals surface area contributed by atoms with Gasteiger partial charge in [0, 0.05) is 37.6 Å². The van der Waals surface area contributed by atoms with Gasteiger partial charge in [-0.15, -0.1) is 12.4 Å². The molecule has 3 heterocycles. The summed E-state index contributed by atoms with van der Waals surface area (Å²) in [6.45, 7) is 5.70. The number of aromatic nitrogens is 1. The van der Waals surface area contributed by atoms with Crippen LogP contribution in [0.15, 0.2) is 23.2 Å². The fourth-order valence-electron chi connectivity index (χ4n) is 3.41. The number of amidine groups is 1. The number of aliphatic imine (C=N–C) groups is 1. The summed E-state index contributed by atoms with van der Waals surface area (Å²) in [7, 11) is 2.14. The van der Waals surface area contributed by atoms with Crippen LogP contribution in [0.2, 0.25) is 0 Å². The lowest BCUT2D eigenvalue weighted by Crippen LogP contribution is -2.39. The molecular formula is C16H20ClN3O. The van der Waals surface area contributed by atoms with Crippen molar-refractivity contribution in [3.8, 4) is 5.75 Å². The Balaban J connectivity index is 0.00000132. The first-order chi connectivity index (χ1) is 9.79. The molecule has 0 aliphatic carbocycles. The molecule has 0 bridgehead atoms. The van der Waals surface area contributed by atoms with Crippen LogP contribution in [-0.2, 0) is 13.0 Å². The van der Waals surface area contributed by atoms with E-state index >= 15 is 0 Å². The minimum Gasteiger partial charge on any atom is -0.494 e. The number of ether oxygens (including phenoxy) is 1. The van der Waals surface area contributed by atoms with Crippen LogP contribution in [0.25, 0.3) is 10.9 Å². The van der Waals surface area contributed by atoms with Crippen LogP contribution >= 0.6 is 12.4 Å². The molecule has 0 radical (unpaired) electrons. The second kappa shape index (κ2) is 5.26. The zero-order valence-corrected chi connectivity index (χ0v) is 13.2. The maximum Gasteiger partial charge on any atom is 0.148 e. The molecule has 0 unspecified atom stereocenters. The highest BCUT2D eigenvalue weighted by Gasteiger charge is 2.29. The summed E-state index contributed by atoms with van der Waals surface area (Å²) in [5.74, 6) is 2.13. The molecule has 0 saturated carbocycles. The lowest BCUT2D eigenvalue weighted by atomic mass is 10.0. The first-order valence-corrected chi connectivity index (χ1v) is 7.33. The van der Waals surface area contributed by atoms with Gasteiger partial charge in [-0.05, 0) is 37.1 Å². The Kier molecular flexibility index (Phi) is 3.57. The fourth-order valence-corrected chi connectivity index (χ4v) is 3.41. The third-order valence-corrected chi connectivity index (χ3v) is 4.31. The number of hydrogen-bond acceptors (Lipinski definition) is 3. The third kappa shape index (κ3) is 2.01. The van der Waals surface area contributed by atoms with Crippen molar-refractivity contribution in [1.29, 1.82) is 0 Å². The first kappa shape index (κ1) is 14.3. The molecule has 1 aromatic heterocycles. The van der Waals surface area contributed by atoms with Crippen LogP contribution in [0.1, 0.15) is 18.2 Å². The minimum atomic E-state index is 0. The maximum absolute atomic E-state index is 5.66. The van der Waals surface area contributed by atoms with Crippen molar-refractivity contribution in [3.63, 3.8) is 0 Å². The summed E-state index contributed by atoms with van der Waals surface area (Å²) in [5, 5.41) is 1.34. The molecule has 1 aromatic carbocycles. The van der Waals surface area contributed by atoms with Crippen LogP contribution < -0.4 is 4.74 Å². The van der Waals surface area contributed by atoms with Crippen molar-refractivity contribution in [2.24, 2.45) is 4.99 Å². The average Bonchev–Trinajstić information content (AvgIpc) is 2.79. The van der Waals surface area contributed by atoms with Gasteiger partial charge in [0.15, 0.2) is 0 Å². The second-order valence-electron chi connectivity index (χ2n) is 5.47. The summed E-state index contributed by atoms with van der Waals surface area (Å²) in [6.07, 6.45) is 1.03. The largest absolute Gasteiger partial charge is 0.494 e. The van der Waals surface area contributed by atoms with E-state index in [-0.39, 0.29) is 12.4 Å². The summed E-state index contributed by atoms with van der Waals surface area (Å²) < 4.78 is 8.09. The zero-order valence-electron chi connectivity index (χ0n) is 12.4. The van der Waals surface area contributed by atoms with Crippen LogP contribution in [0.5, 0.6) is 5.75 Å². The quantitative estimate of drug-likeness (QED) is 0.854. The van der Waals surface area contributed by atoms with Gasteiger partial charge in [-0.1, -0.05) is 0 Å². The predicted octanol–water partition coefficient (Wildman–Crippen LogP) is 2.71. The Bertz CT molecular complexity index is 720. The molecule has 0 atom stereocenters. The maximum atomic E-state index is 5.66. The Morgan fingerprint density at radius 3 is 2.95 bits per heavy atom. The molecule has 2 aliphatic heterocycles. The van der Waals surface area contributed by atoms with Crippen molar-refractivity contribution in [1.82, 2.24) is 9.47 Å². The Morgan fingerprint density at radius 2 is 2.14 bits per heavy atom. The first-order valence-electron chi connectivity index (χ1n) is 7.33. The minimum absolute atomic E-state index is 0. The molecule has 0 amide bonds. The number of halogens is 1. The van der Waals surface area contributed by atoms with E-state index in [2.05, 4.69) is 34.7 Å². The van der Waals surface area contributed by atoms with E-state index < -0.39 is 0 Å². The van der Waals surface area contributed by atoms with Crippen molar-refractivity contribution >= 4 is 29.1 Å². The van der Waals surface area contributed by atoms with Gasteiger partial charge in [0.05, 0.1) is 12.3 Å². The van der Waals surface area contributed by atoms with Crippen LogP contribution in [0.4, 0.5) is 0 Å². The SMILES string of the molecule is CCOc1ccc2c(c1)c1c3n2CCN(C)C3=NCC1.Cl. The van der Waals surface area contributed by atoms with Crippen molar-refractivity contribution < 1.29 is 4.74 Å². The van der Waals surface area contributed by atoms with E-state index in [1.165, 1.54) is 22.2 Å². The predicted molar refractivity (Wildman–Crippen MR) is 88.1 cm³/mol. The van der Waals surface area contributed by atoms with Crippen LogP contribution in [0, 0.1) is 0 Å². The molecule has 2 aromatic rings.